The topological polar surface area (TPSA) is 15.3 Å². The van der Waals surface area contributed by atoms with Crippen molar-refractivity contribution in [3.8, 4) is 0 Å². The summed E-state index contributed by atoms with van der Waals surface area (Å²) >= 11 is 0. The van der Waals surface area contributed by atoms with Gasteiger partial charge in [0.25, 0.3) is 0 Å². The molecule has 20 heavy (non-hydrogen) atoms. The van der Waals surface area contributed by atoms with Gasteiger partial charge in [-0.2, -0.15) is 0 Å². The number of nitrogens with one attached hydrogen (secondary N) is 1. The molecule has 1 N–H and O–H groups in total. The summed E-state index contributed by atoms with van der Waals surface area (Å²) in [6.07, 6.45) is 0. The number of anilines is 1. The first-order chi connectivity index (χ1) is 9.36. The van der Waals surface area contributed by atoms with E-state index in [1.807, 2.05) is 0 Å². The highest BCUT2D eigenvalue weighted by Gasteiger charge is 2.20. The molecule has 2 aromatic carbocycles. The number of hydrogen-bond donors (Lipinski definition) is 1. The van der Waals surface area contributed by atoms with Gasteiger partial charge in [-0.15, -0.1) is 12.4 Å². The van der Waals surface area contributed by atoms with Crippen molar-refractivity contribution in [3.05, 3.63) is 65.7 Å². The van der Waals surface area contributed by atoms with Crippen LogP contribution in [0, 0.1) is 0 Å². The predicted molar refractivity (Wildman–Crippen MR) is 87.6 cm³/mol. The first-order valence-electron chi connectivity index (χ1n) is 6.96. The molecule has 106 valence electrons. The number of fused-ring (bicyclic) bond motifs is 1. The van der Waals surface area contributed by atoms with E-state index < -0.39 is 0 Å². The molecule has 2 nitrogen and oxygen atoms in total. The standard InChI is InChI=1S/C17H20N2.ClH/c1-14(15-7-3-2-4-8-15)19-12-11-18-13-16-9-5-6-10-17(16)19;/h2-10,14,18H,11-13H2,1H3;1H. The average Bonchev–Trinajstić information content (AvgIpc) is 2.70. The molecule has 1 atom stereocenters. The summed E-state index contributed by atoms with van der Waals surface area (Å²) in [7, 11) is 0. The van der Waals surface area contributed by atoms with Crippen molar-refractivity contribution in [2.75, 3.05) is 18.0 Å². The number of benzene rings is 2. The third-order valence-corrected chi connectivity index (χ3v) is 3.90. The van der Waals surface area contributed by atoms with Crippen molar-refractivity contribution < 1.29 is 0 Å². The highest BCUT2D eigenvalue weighted by atomic mass is 35.5. The van der Waals surface area contributed by atoms with Crippen molar-refractivity contribution in [1.29, 1.82) is 0 Å². The summed E-state index contributed by atoms with van der Waals surface area (Å²) in [4.78, 5) is 2.50. The minimum absolute atomic E-state index is 0. The van der Waals surface area contributed by atoms with Gasteiger partial charge in [-0.05, 0) is 24.1 Å². The van der Waals surface area contributed by atoms with Crippen LogP contribution in [0.2, 0.25) is 0 Å². The maximum absolute atomic E-state index is 3.50. The normalized spacial score (nSPS) is 15.8. The predicted octanol–water partition coefficient (Wildman–Crippen LogP) is 3.78. The minimum atomic E-state index is 0. The summed E-state index contributed by atoms with van der Waals surface area (Å²) in [6, 6.07) is 19.9. The van der Waals surface area contributed by atoms with Gasteiger partial charge in [-0.3, -0.25) is 0 Å². The second kappa shape index (κ2) is 6.78. The Hall–Kier alpha value is -1.51. The molecule has 3 heteroatoms. The van der Waals surface area contributed by atoms with E-state index in [0.717, 1.165) is 19.6 Å². The number of halogens is 1. The first kappa shape index (κ1) is 14.9. The largest absolute Gasteiger partial charge is 0.363 e. The molecule has 1 unspecified atom stereocenters. The molecule has 0 saturated carbocycles. The molecule has 1 aliphatic heterocycles. The third-order valence-electron chi connectivity index (χ3n) is 3.90. The first-order valence-corrected chi connectivity index (χ1v) is 6.96. The molecular formula is C17H21ClN2. The van der Waals surface area contributed by atoms with E-state index in [1.165, 1.54) is 16.8 Å². The van der Waals surface area contributed by atoms with E-state index in [4.69, 9.17) is 0 Å². The van der Waals surface area contributed by atoms with Crippen LogP contribution in [0.25, 0.3) is 0 Å². The number of para-hydroxylation sites is 1. The lowest BCUT2D eigenvalue weighted by molar-refractivity contribution is 0.639. The van der Waals surface area contributed by atoms with E-state index in [9.17, 15) is 0 Å². The van der Waals surface area contributed by atoms with Crippen LogP contribution in [-0.2, 0) is 6.54 Å². The van der Waals surface area contributed by atoms with Crippen LogP contribution in [-0.4, -0.2) is 13.1 Å². The lowest BCUT2D eigenvalue weighted by Gasteiger charge is -2.31. The van der Waals surface area contributed by atoms with Crippen LogP contribution in [0.4, 0.5) is 5.69 Å². The third kappa shape index (κ3) is 2.97. The molecule has 0 fully saturated rings. The minimum Gasteiger partial charge on any atom is -0.363 e. The summed E-state index contributed by atoms with van der Waals surface area (Å²) in [5.74, 6) is 0. The second-order valence-corrected chi connectivity index (χ2v) is 5.09. The molecular weight excluding hydrogens is 268 g/mol. The fourth-order valence-electron chi connectivity index (χ4n) is 2.80. The fraction of sp³-hybridized carbons (Fsp3) is 0.294. The summed E-state index contributed by atoms with van der Waals surface area (Å²) in [6.45, 7) is 5.34. The monoisotopic (exact) mass is 288 g/mol. The molecule has 0 aliphatic carbocycles. The quantitative estimate of drug-likeness (QED) is 0.905. The molecule has 3 rings (SSSR count). The van der Waals surface area contributed by atoms with Crippen molar-refractivity contribution in [1.82, 2.24) is 5.32 Å². The van der Waals surface area contributed by atoms with Gasteiger partial charge >= 0.3 is 0 Å². The summed E-state index contributed by atoms with van der Waals surface area (Å²) in [5.41, 5.74) is 4.13. The molecule has 0 spiro atoms. The maximum Gasteiger partial charge on any atom is 0.0514 e. The van der Waals surface area contributed by atoms with Crippen LogP contribution < -0.4 is 10.2 Å². The van der Waals surface area contributed by atoms with Crippen molar-refractivity contribution in [2.45, 2.75) is 19.5 Å². The Morgan fingerprint density at radius 1 is 1.00 bits per heavy atom. The molecule has 0 radical (unpaired) electrons. The zero-order valence-electron chi connectivity index (χ0n) is 11.8. The smallest absolute Gasteiger partial charge is 0.0514 e. The second-order valence-electron chi connectivity index (χ2n) is 5.09. The fourth-order valence-corrected chi connectivity index (χ4v) is 2.80. The Morgan fingerprint density at radius 2 is 1.70 bits per heavy atom. The van der Waals surface area contributed by atoms with Crippen LogP contribution >= 0.6 is 12.4 Å². The lowest BCUT2D eigenvalue weighted by Crippen LogP contribution is -2.31. The van der Waals surface area contributed by atoms with E-state index in [0.29, 0.717) is 6.04 Å². The lowest BCUT2D eigenvalue weighted by atomic mass is 10.0. The van der Waals surface area contributed by atoms with Gasteiger partial charge in [-0.1, -0.05) is 48.5 Å². The van der Waals surface area contributed by atoms with Crippen LogP contribution in [0.3, 0.4) is 0 Å². The van der Waals surface area contributed by atoms with Crippen LogP contribution in [0.5, 0.6) is 0 Å². The highest BCUT2D eigenvalue weighted by Crippen LogP contribution is 2.30. The van der Waals surface area contributed by atoms with E-state index in [-0.39, 0.29) is 12.4 Å². The van der Waals surface area contributed by atoms with Gasteiger partial charge in [0, 0.05) is 25.3 Å². The van der Waals surface area contributed by atoms with E-state index >= 15 is 0 Å². The van der Waals surface area contributed by atoms with Crippen LogP contribution in [0.15, 0.2) is 54.6 Å². The molecule has 2 aromatic rings. The molecule has 0 amide bonds. The molecule has 0 aromatic heterocycles. The van der Waals surface area contributed by atoms with Gasteiger partial charge in [0.2, 0.25) is 0 Å². The van der Waals surface area contributed by atoms with Gasteiger partial charge in [0.1, 0.15) is 0 Å². The number of nitrogens with zero attached hydrogens (tertiary/aromatic N) is 1. The average molecular weight is 289 g/mol. The molecule has 0 saturated heterocycles. The summed E-state index contributed by atoms with van der Waals surface area (Å²) < 4.78 is 0. The van der Waals surface area contributed by atoms with Crippen molar-refractivity contribution in [3.63, 3.8) is 0 Å². The van der Waals surface area contributed by atoms with Gasteiger partial charge < -0.3 is 10.2 Å². The number of rotatable bonds is 2. The van der Waals surface area contributed by atoms with Crippen LogP contribution in [0.1, 0.15) is 24.1 Å². The molecule has 1 aliphatic rings. The summed E-state index contributed by atoms with van der Waals surface area (Å²) in [5, 5.41) is 3.50. The zero-order chi connectivity index (χ0) is 13.1. The van der Waals surface area contributed by atoms with Gasteiger partial charge in [-0.25, -0.2) is 0 Å². The number of hydrogen-bond acceptors (Lipinski definition) is 2. The Morgan fingerprint density at radius 3 is 2.50 bits per heavy atom. The maximum atomic E-state index is 3.50. The van der Waals surface area contributed by atoms with Crippen molar-refractivity contribution in [2.24, 2.45) is 0 Å². The zero-order valence-corrected chi connectivity index (χ0v) is 12.6. The van der Waals surface area contributed by atoms with Crippen molar-refractivity contribution >= 4 is 18.1 Å². The van der Waals surface area contributed by atoms with E-state index in [1.54, 1.807) is 0 Å². The Bertz CT molecular complexity index is 542. The Labute approximate surface area is 127 Å². The van der Waals surface area contributed by atoms with Gasteiger partial charge in [0.05, 0.1) is 6.04 Å². The highest BCUT2D eigenvalue weighted by molar-refractivity contribution is 5.85. The molecule has 1 heterocycles. The van der Waals surface area contributed by atoms with E-state index in [2.05, 4.69) is 71.7 Å². The van der Waals surface area contributed by atoms with Gasteiger partial charge in [0.15, 0.2) is 0 Å². The Balaban J connectivity index is 0.00000147. The SMILES string of the molecule is CC(c1ccccc1)N1CCNCc2ccccc21.Cl. The molecule has 0 bridgehead atoms. The Kier molecular flexibility index (Phi) is 5.05.